The molecule has 3 rings (SSSR count). The van der Waals surface area contributed by atoms with Crippen LogP contribution in [0.15, 0.2) is 42.9 Å². The number of hydrogen-bond donors (Lipinski definition) is 0. The minimum Gasteiger partial charge on any atom is -0.493 e. The molecule has 2 heterocycles. The summed E-state index contributed by atoms with van der Waals surface area (Å²) in [6.45, 7) is 0.568. The van der Waals surface area contributed by atoms with Crippen molar-refractivity contribution in [1.29, 1.82) is 0 Å². The summed E-state index contributed by atoms with van der Waals surface area (Å²) in [5.74, 6) is 1.27. The number of ether oxygens (including phenoxy) is 2. The maximum atomic E-state index is 12.7. The quantitative estimate of drug-likeness (QED) is 0.687. The van der Waals surface area contributed by atoms with Crippen molar-refractivity contribution >= 4 is 11.6 Å². The number of carbonyl (C=O) groups excluding carboxylic acids is 1. The highest BCUT2D eigenvalue weighted by molar-refractivity contribution is 5.99. The van der Waals surface area contributed by atoms with E-state index in [4.69, 9.17) is 9.47 Å². The van der Waals surface area contributed by atoms with E-state index in [9.17, 15) is 4.79 Å². The van der Waals surface area contributed by atoms with Crippen LogP contribution in [0, 0.1) is 0 Å². The molecule has 0 fully saturated rings. The lowest BCUT2D eigenvalue weighted by Crippen LogP contribution is -2.28. The number of fused-ring (bicyclic) bond motifs is 1. The Morgan fingerprint density at radius 1 is 1.24 bits per heavy atom. The highest BCUT2D eigenvalue weighted by atomic mass is 16.5. The van der Waals surface area contributed by atoms with Crippen molar-refractivity contribution in [3.05, 3.63) is 54.0 Å². The number of carbonyl (C=O) groups is 1. The lowest BCUT2D eigenvalue weighted by molar-refractivity contribution is 0.0798. The molecular formula is C18H20N4O3. The third-order valence-corrected chi connectivity index (χ3v) is 4.04. The highest BCUT2D eigenvalue weighted by Crippen LogP contribution is 2.27. The van der Waals surface area contributed by atoms with Crippen LogP contribution < -0.4 is 9.47 Å². The Hall–Kier alpha value is -3.09. The SMILES string of the molecule is COc1ccc(CCN(C)C(=O)c2cnn3cccnc23)cc1OC. The van der Waals surface area contributed by atoms with Crippen molar-refractivity contribution in [2.45, 2.75) is 6.42 Å². The Balaban J connectivity index is 1.70. The summed E-state index contributed by atoms with van der Waals surface area (Å²) in [5.41, 5.74) is 2.12. The van der Waals surface area contributed by atoms with Gasteiger partial charge in [-0.3, -0.25) is 4.79 Å². The summed E-state index contributed by atoms with van der Waals surface area (Å²) in [7, 11) is 4.99. The average Bonchev–Trinajstić information content (AvgIpc) is 3.09. The molecule has 0 aliphatic carbocycles. The van der Waals surface area contributed by atoms with E-state index in [1.54, 1.807) is 55.3 Å². The second-order valence-electron chi connectivity index (χ2n) is 5.61. The normalized spacial score (nSPS) is 10.7. The van der Waals surface area contributed by atoms with Gasteiger partial charge in [-0.05, 0) is 30.2 Å². The molecule has 7 nitrogen and oxygen atoms in total. The fraction of sp³-hybridized carbons (Fsp3) is 0.278. The third kappa shape index (κ3) is 3.40. The van der Waals surface area contributed by atoms with Crippen LogP contribution >= 0.6 is 0 Å². The lowest BCUT2D eigenvalue weighted by Gasteiger charge is -2.17. The van der Waals surface area contributed by atoms with Crippen LogP contribution in [0.2, 0.25) is 0 Å². The summed E-state index contributed by atoms with van der Waals surface area (Å²) in [6, 6.07) is 7.53. The van der Waals surface area contributed by atoms with E-state index < -0.39 is 0 Å². The van der Waals surface area contributed by atoms with E-state index in [0.29, 0.717) is 35.7 Å². The van der Waals surface area contributed by atoms with Crippen LogP contribution in [0.25, 0.3) is 5.65 Å². The first kappa shape index (κ1) is 16.8. The predicted octanol–water partition coefficient (Wildman–Crippen LogP) is 2.06. The molecule has 0 saturated carbocycles. The second-order valence-corrected chi connectivity index (χ2v) is 5.61. The largest absolute Gasteiger partial charge is 0.493 e. The van der Waals surface area contributed by atoms with E-state index >= 15 is 0 Å². The van der Waals surface area contributed by atoms with Gasteiger partial charge in [0.25, 0.3) is 5.91 Å². The van der Waals surface area contributed by atoms with Gasteiger partial charge in [0.15, 0.2) is 17.1 Å². The van der Waals surface area contributed by atoms with Gasteiger partial charge in [0.2, 0.25) is 0 Å². The van der Waals surface area contributed by atoms with Crippen molar-refractivity contribution in [3.8, 4) is 11.5 Å². The molecule has 0 aliphatic rings. The molecule has 0 saturated heterocycles. The van der Waals surface area contributed by atoms with Gasteiger partial charge in [-0.15, -0.1) is 0 Å². The lowest BCUT2D eigenvalue weighted by atomic mass is 10.1. The molecule has 0 radical (unpaired) electrons. The first-order valence-electron chi connectivity index (χ1n) is 7.88. The van der Waals surface area contributed by atoms with Crippen LogP contribution in [-0.4, -0.2) is 53.2 Å². The van der Waals surface area contributed by atoms with Gasteiger partial charge in [0.1, 0.15) is 5.56 Å². The zero-order chi connectivity index (χ0) is 17.8. The van der Waals surface area contributed by atoms with Crippen LogP contribution in [-0.2, 0) is 6.42 Å². The Bertz CT molecular complexity index is 891. The number of aromatic nitrogens is 3. The van der Waals surface area contributed by atoms with Gasteiger partial charge in [-0.2, -0.15) is 5.10 Å². The molecule has 1 amide bonds. The fourth-order valence-electron chi connectivity index (χ4n) is 2.62. The van der Waals surface area contributed by atoms with Gasteiger partial charge >= 0.3 is 0 Å². The third-order valence-electron chi connectivity index (χ3n) is 4.04. The molecular weight excluding hydrogens is 320 g/mol. The first-order chi connectivity index (χ1) is 12.1. The molecule has 0 unspecified atom stereocenters. The molecule has 0 bridgehead atoms. The monoisotopic (exact) mass is 340 g/mol. The zero-order valence-corrected chi connectivity index (χ0v) is 14.5. The van der Waals surface area contributed by atoms with Gasteiger partial charge in [-0.1, -0.05) is 6.07 Å². The summed E-state index contributed by atoms with van der Waals surface area (Å²) in [4.78, 5) is 18.5. The molecule has 130 valence electrons. The molecule has 7 heteroatoms. The van der Waals surface area contributed by atoms with Crippen molar-refractivity contribution in [1.82, 2.24) is 19.5 Å². The van der Waals surface area contributed by atoms with Crippen molar-refractivity contribution in [3.63, 3.8) is 0 Å². The molecule has 0 aliphatic heterocycles. The summed E-state index contributed by atoms with van der Waals surface area (Å²) >= 11 is 0. The maximum absolute atomic E-state index is 12.7. The standard InChI is InChI=1S/C18H20N4O3/c1-21(10-7-13-5-6-15(24-2)16(11-13)25-3)18(23)14-12-20-22-9-4-8-19-17(14)22/h4-6,8-9,11-12H,7,10H2,1-3H3. The van der Waals surface area contributed by atoms with Gasteiger partial charge in [0, 0.05) is 26.0 Å². The number of hydrogen-bond acceptors (Lipinski definition) is 5. The van der Waals surface area contributed by atoms with Crippen LogP contribution in [0.4, 0.5) is 0 Å². The van der Waals surface area contributed by atoms with Crippen molar-refractivity contribution in [2.24, 2.45) is 0 Å². The summed E-state index contributed by atoms with van der Waals surface area (Å²) in [5, 5.41) is 4.16. The molecule has 1 aromatic carbocycles. The van der Waals surface area contributed by atoms with E-state index in [0.717, 1.165) is 5.56 Å². The number of likely N-dealkylation sites (N-methyl/N-ethyl adjacent to an activating group) is 1. The minimum absolute atomic E-state index is 0.103. The molecule has 3 aromatic rings. The Morgan fingerprint density at radius 3 is 2.80 bits per heavy atom. The van der Waals surface area contributed by atoms with E-state index in [1.165, 1.54) is 0 Å². The Morgan fingerprint density at radius 2 is 2.04 bits per heavy atom. The molecule has 0 spiro atoms. The minimum atomic E-state index is -0.103. The number of rotatable bonds is 6. The van der Waals surface area contributed by atoms with E-state index in [1.807, 2.05) is 18.2 Å². The van der Waals surface area contributed by atoms with E-state index in [-0.39, 0.29) is 5.91 Å². The van der Waals surface area contributed by atoms with E-state index in [2.05, 4.69) is 10.1 Å². The molecule has 0 N–H and O–H groups in total. The highest BCUT2D eigenvalue weighted by Gasteiger charge is 2.17. The van der Waals surface area contributed by atoms with Gasteiger partial charge in [0.05, 0.1) is 20.4 Å². The second kappa shape index (κ2) is 7.21. The number of benzene rings is 1. The molecule has 2 aromatic heterocycles. The maximum Gasteiger partial charge on any atom is 0.259 e. The first-order valence-corrected chi connectivity index (χ1v) is 7.88. The predicted molar refractivity (Wildman–Crippen MR) is 93.2 cm³/mol. The van der Waals surface area contributed by atoms with Crippen molar-refractivity contribution < 1.29 is 14.3 Å². The van der Waals surface area contributed by atoms with Gasteiger partial charge < -0.3 is 14.4 Å². The van der Waals surface area contributed by atoms with Crippen LogP contribution in [0.3, 0.4) is 0 Å². The number of amides is 1. The Kier molecular flexibility index (Phi) is 4.83. The molecule has 25 heavy (non-hydrogen) atoms. The van der Waals surface area contributed by atoms with Crippen molar-refractivity contribution in [2.75, 3.05) is 27.8 Å². The Labute approximate surface area is 145 Å². The molecule has 0 atom stereocenters. The topological polar surface area (TPSA) is 69.0 Å². The fourth-order valence-corrected chi connectivity index (χ4v) is 2.62. The van der Waals surface area contributed by atoms with Crippen LogP contribution in [0.1, 0.15) is 15.9 Å². The summed E-state index contributed by atoms with van der Waals surface area (Å²) < 4.78 is 12.1. The smallest absolute Gasteiger partial charge is 0.259 e. The van der Waals surface area contributed by atoms with Gasteiger partial charge in [-0.25, -0.2) is 9.50 Å². The average molecular weight is 340 g/mol. The number of nitrogens with zero attached hydrogens (tertiary/aromatic N) is 4. The van der Waals surface area contributed by atoms with Crippen LogP contribution in [0.5, 0.6) is 11.5 Å². The number of methoxy groups -OCH3 is 2. The zero-order valence-electron chi connectivity index (χ0n) is 14.5. The summed E-state index contributed by atoms with van der Waals surface area (Å²) in [6.07, 6.45) is 5.67.